The first-order valence-corrected chi connectivity index (χ1v) is 7.15. The maximum Gasteiger partial charge on any atom is 0.124 e. The SMILES string of the molecule is CCCNC(CC)c1ccccc1OCCCC#N. The molecule has 1 N–H and O–H groups in total. The molecule has 1 unspecified atom stereocenters. The van der Waals surface area contributed by atoms with E-state index in [0.717, 1.165) is 31.6 Å². The van der Waals surface area contributed by atoms with E-state index in [2.05, 4.69) is 31.3 Å². The summed E-state index contributed by atoms with van der Waals surface area (Å²) in [7, 11) is 0. The molecule has 104 valence electrons. The fraction of sp³-hybridized carbons (Fsp3) is 0.562. The number of hydrogen-bond acceptors (Lipinski definition) is 3. The predicted octanol–water partition coefficient (Wildman–Crippen LogP) is 3.82. The first-order chi connectivity index (χ1) is 9.33. The van der Waals surface area contributed by atoms with E-state index in [1.54, 1.807) is 0 Å². The van der Waals surface area contributed by atoms with E-state index in [4.69, 9.17) is 10.00 Å². The minimum Gasteiger partial charge on any atom is -0.493 e. The number of unbranched alkanes of at least 4 members (excludes halogenated alkanes) is 1. The summed E-state index contributed by atoms with van der Waals surface area (Å²) in [6.45, 7) is 5.97. The molecule has 1 aromatic rings. The minimum atomic E-state index is 0.340. The third-order valence-corrected chi connectivity index (χ3v) is 3.03. The molecule has 0 aromatic heterocycles. The van der Waals surface area contributed by atoms with Gasteiger partial charge in [-0.15, -0.1) is 0 Å². The maximum absolute atomic E-state index is 8.53. The van der Waals surface area contributed by atoms with Gasteiger partial charge in [-0.1, -0.05) is 32.0 Å². The van der Waals surface area contributed by atoms with Gasteiger partial charge in [0.1, 0.15) is 5.75 Å². The molecule has 0 radical (unpaired) electrons. The van der Waals surface area contributed by atoms with Crippen LogP contribution in [0.15, 0.2) is 24.3 Å². The van der Waals surface area contributed by atoms with E-state index in [1.165, 1.54) is 5.56 Å². The van der Waals surface area contributed by atoms with Gasteiger partial charge in [0.25, 0.3) is 0 Å². The molecule has 0 fully saturated rings. The van der Waals surface area contributed by atoms with Crippen molar-refractivity contribution in [3.63, 3.8) is 0 Å². The number of rotatable bonds is 9. The Bertz CT molecular complexity index is 398. The highest BCUT2D eigenvalue weighted by atomic mass is 16.5. The summed E-state index contributed by atoms with van der Waals surface area (Å²) in [5.74, 6) is 0.941. The smallest absolute Gasteiger partial charge is 0.124 e. The zero-order valence-corrected chi connectivity index (χ0v) is 12.0. The van der Waals surface area contributed by atoms with Crippen molar-refractivity contribution < 1.29 is 4.74 Å². The van der Waals surface area contributed by atoms with Gasteiger partial charge in [0.2, 0.25) is 0 Å². The van der Waals surface area contributed by atoms with Gasteiger partial charge in [-0.25, -0.2) is 0 Å². The van der Waals surface area contributed by atoms with Crippen LogP contribution in [0.5, 0.6) is 5.75 Å². The summed E-state index contributed by atoms with van der Waals surface area (Å²) in [6.07, 6.45) is 3.50. The van der Waals surface area contributed by atoms with Crippen molar-refractivity contribution in [2.24, 2.45) is 0 Å². The molecule has 1 atom stereocenters. The second-order valence-electron chi connectivity index (χ2n) is 4.56. The van der Waals surface area contributed by atoms with Crippen LogP contribution in [0.25, 0.3) is 0 Å². The molecular weight excluding hydrogens is 236 g/mol. The van der Waals surface area contributed by atoms with Crippen LogP contribution in [0.1, 0.15) is 51.1 Å². The molecule has 19 heavy (non-hydrogen) atoms. The molecule has 0 aliphatic rings. The summed E-state index contributed by atoms with van der Waals surface area (Å²) < 4.78 is 5.81. The number of ether oxygens (including phenoxy) is 1. The normalized spacial score (nSPS) is 11.8. The topological polar surface area (TPSA) is 45.0 Å². The third kappa shape index (κ3) is 5.32. The molecule has 0 spiro atoms. The molecular formula is C16H24N2O. The van der Waals surface area contributed by atoms with Crippen LogP contribution in [-0.2, 0) is 0 Å². The molecule has 0 bridgehead atoms. The molecule has 0 heterocycles. The van der Waals surface area contributed by atoms with E-state index in [-0.39, 0.29) is 0 Å². The van der Waals surface area contributed by atoms with Gasteiger partial charge in [-0.3, -0.25) is 0 Å². The Morgan fingerprint density at radius 2 is 2.11 bits per heavy atom. The van der Waals surface area contributed by atoms with Gasteiger partial charge in [0.15, 0.2) is 0 Å². The highest BCUT2D eigenvalue weighted by molar-refractivity contribution is 5.35. The van der Waals surface area contributed by atoms with E-state index >= 15 is 0 Å². The van der Waals surface area contributed by atoms with Crippen LogP contribution in [0.4, 0.5) is 0 Å². The molecule has 0 aliphatic heterocycles. The van der Waals surface area contributed by atoms with Crippen molar-refractivity contribution in [2.45, 2.75) is 45.6 Å². The van der Waals surface area contributed by atoms with E-state index < -0.39 is 0 Å². The van der Waals surface area contributed by atoms with E-state index in [1.807, 2.05) is 18.2 Å². The second kappa shape index (κ2) is 9.41. The lowest BCUT2D eigenvalue weighted by Crippen LogP contribution is -2.22. The first kappa shape index (κ1) is 15.5. The Hall–Kier alpha value is -1.53. The van der Waals surface area contributed by atoms with Crippen LogP contribution >= 0.6 is 0 Å². The highest BCUT2D eigenvalue weighted by Gasteiger charge is 2.13. The Balaban J connectivity index is 2.67. The van der Waals surface area contributed by atoms with Gasteiger partial charge in [0, 0.05) is 18.0 Å². The summed E-state index contributed by atoms with van der Waals surface area (Å²) >= 11 is 0. The molecule has 3 heteroatoms. The average molecular weight is 260 g/mol. The summed E-state index contributed by atoms with van der Waals surface area (Å²) in [4.78, 5) is 0. The molecule has 0 amide bonds. The maximum atomic E-state index is 8.53. The number of hydrogen-bond donors (Lipinski definition) is 1. The summed E-state index contributed by atoms with van der Waals surface area (Å²) in [6, 6.07) is 10.7. The van der Waals surface area contributed by atoms with Crippen LogP contribution in [-0.4, -0.2) is 13.2 Å². The Morgan fingerprint density at radius 1 is 1.32 bits per heavy atom. The van der Waals surface area contributed by atoms with Crippen molar-refractivity contribution in [2.75, 3.05) is 13.2 Å². The zero-order valence-electron chi connectivity index (χ0n) is 12.0. The average Bonchev–Trinajstić information content (AvgIpc) is 2.45. The van der Waals surface area contributed by atoms with Gasteiger partial charge >= 0.3 is 0 Å². The molecule has 3 nitrogen and oxygen atoms in total. The second-order valence-corrected chi connectivity index (χ2v) is 4.56. The fourth-order valence-corrected chi connectivity index (χ4v) is 2.03. The highest BCUT2D eigenvalue weighted by Crippen LogP contribution is 2.27. The summed E-state index contributed by atoms with van der Waals surface area (Å²) in [5.41, 5.74) is 1.22. The lowest BCUT2D eigenvalue weighted by atomic mass is 10.0. The molecule has 0 saturated carbocycles. The number of benzene rings is 1. The van der Waals surface area contributed by atoms with Gasteiger partial charge in [-0.05, 0) is 31.9 Å². The standard InChI is InChI=1S/C16H24N2O/c1-3-12-18-15(4-2)14-9-5-6-10-16(14)19-13-8-7-11-17/h5-6,9-10,15,18H,3-4,7-8,12-13H2,1-2H3. The largest absolute Gasteiger partial charge is 0.493 e. The van der Waals surface area contributed by atoms with Crippen molar-refractivity contribution in [3.8, 4) is 11.8 Å². The Kier molecular flexibility index (Phi) is 7.69. The predicted molar refractivity (Wildman–Crippen MR) is 78.1 cm³/mol. The van der Waals surface area contributed by atoms with Crippen molar-refractivity contribution in [3.05, 3.63) is 29.8 Å². The zero-order chi connectivity index (χ0) is 13.9. The van der Waals surface area contributed by atoms with Crippen LogP contribution in [0.2, 0.25) is 0 Å². The number of nitrogens with one attached hydrogen (secondary N) is 1. The lowest BCUT2D eigenvalue weighted by molar-refractivity contribution is 0.305. The Morgan fingerprint density at radius 3 is 2.79 bits per heavy atom. The number of nitriles is 1. The molecule has 1 rings (SSSR count). The van der Waals surface area contributed by atoms with E-state index in [9.17, 15) is 0 Å². The van der Waals surface area contributed by atoms with Crippen molar-refractivity contribution >= 4 is 0 Å². The first-order valence-electron chi connectivity index (χ1n) is 7.15. The van der Waals surface area contributed by atoms with Crippen molar-refractivity contribution in [1.29, 1.82) is 5.26 Å². The number of nitrogens with zero attached hydrogens (tertiary/aromatic N) is 1. The molecule has 0 aliphatic carbocycles. The van der Waals surface area contributed by atoms with Gasteiger partial charge in [-0.2, -0.15) is 5.26 Å². The lowest BCUT2D eigenvalue weighted by Gasteiger charge is -2.20. The van der Waals surface area contributed by atoms with Crippen molar-refractivity contribution in [1.82, 2.24) is 5.32 Å². The molecule has 0 saturated heterocycles. The minimum absolute atomic E-state index is 0.340. The van der Waals surface area contributed by atoms with Gasteiger partial charge in [0.05, 0.1) is 12.7 Å². The Labute approximate surface area is 116 Å². The monoisotopic (exact) mass is 260 g/mol. The van der Waals surface area contributed by atoms with Gasteiger partial charge < -0.3 is 10.1 Å². The van der Waals surface area contributed by atoms with Crippen LogP contribution in [0.3, 0.4) is 0 Å². The van der Waals surface area contributed by atoms with E-state index in [0.29, 0.717) is 19.1 Å². The third-order valence-electron chi connectivity index (χ3n) is 3.03. The number of para-hydroxylation sites is 1. The van der Waals surface area contributed by atoms with Crippen LogP contribution < -0.4 is 10.1 Å². The van der Waals surface area contributed by atoms with Crippen LogP contribution in [0, 0.1) is 11.3 Å². The quantitative estimate of drug-likeness (QED) is 0.686. The molecule has 1 aromatic carbocycles. The fourth-order valence-electron chi connectivity index (χ4n) is 2.03. The summed E-state index contributed by atoms with van der Waals surface area (Å²) in [5, 5.41) is 12.1.